The lowest BCUT2D eigenvalue weighted by Gasteiger charge is -2.49. The summed E-state index contributed by atoms with van der Waals surface area (Å²) >= 11 is 0. The monoisotopic (exact) mass is 350 g/mol. The molecule has 0 radical (unpaired) electrons. The van der Waals surface area contributed by atoms with Crippen molar-refractivity contribution in [3.05, 3.63) is 53.1 Å². The number of carbonyl (C=O) groups is 1. The van der Waals surface area contributed by atoms with Crippen LogP contribution in [0.5, 0.6) is 5.75 Å². The minimum Gasteiger partial charge on any atom is -0.497 e. The largest absolute Gasteiger partial charge is 0.497 e. The average Bonchev–Trinajstić information content (AvgIpc) is 3.05. The molecule has 0 saturated heterocycles. The molecule has 1 aromatic carbocycles. The second kappa shape index (κ2) is 6.11. The molecule has 4 heteroatoms. The van der Waals surface area contributed by atoms with Crippen LogP contribution in [0.15, 0.2) is 47.0 Å². The summed E-state index contributed by atoms with van der Waals surface area (Å²) < 4.78 is 5.31. The summed E-state index contributed by atoms with van der Waals surface area (Å²) in [5.74, 6) is 1.03. The summed E-state index contributed by atoms with van der Waals surface area (Å²) in [7, 11) is 1.68. The van der Waals surface area contributed by atoms with Gasteiger partial charge < -0.3 is 9.64 Å². The second-order valence-electron chi connectivity index (χ2n) is 7.59. The summed E-state index contributed by atoms with van der Waals surface area (Å²) in [6, 6.07) is 6.05. The Balaban J connectivity index is 1.76. The Morgan fingerprint density at radius 1 is 1.42 bits per heavy atom. The van der Waals surface area contributed by atoms with Crippen LogP contribution in [0.1, 0.15) is 43.7 Å². The molecule has 1 saturated carbocycles. The summed E-state index contributed by atoms with van der Waals surface area (Å²) in [5.41, 5.74) is 5.38. The summed E-state index contributed by atoms with van der Waals surface area (Å²) in [6.45, 7) is 8.71. The van der Waals surface area contributed by atoms with Crippen molar-refractivity contribution < 1.29 is 9.53 Å². The third kappa shape index (κ3) is 2.28. The number of carbonyl (C=O) groups excluding carboxylic acids is 1. The number of benzene rings is 1. The number of methoxy groups -OCH3 is 1. The second-order valence-corrected chi connectivity index (χ2v) is 7.59. The highest BCUT2D eigenvalue weighted by molar-refractivity contribution is 6.07. The first kappa shape index (κ1) is 17.1. The van der Waals surface area contributed by atoms with Crippen molar-refractivity contribution in [3.8, 4) is 5.75 Å². The van der Waals surface area contributed by atoms with Gasteiger partial charge in [-0.3, -0.25) is 9.79 Å². The average molecular weight is 350 g/mol. The van der Waals surface area contributed by atoms with E-state index >= 15 is 0 Å². The molecule has 1 amide bonds. The number of hydrogen-bond acceptors (Lipinski definition) is 3. The number of aryl methyl sites for hydroxylation is 1. The van der Waals surface area contributed by atoms with E-state index in [0.29, 0.717) is 6.54 Å². The Labute approximate surface area is 155 Å². The Morgan fingerprint density at radius 3 is 2.92 bits per heavy atom. The minimum absolute atomic E-state index is 0.0167. The Hall–Kier alpha value is -2.36. The standard InChI is InChI=1S/C22H26N2O2/c1-5-7-18-19-8-6-11-22(19)21(25)24(20(18)15(3)23-22)13-16-9-10-17(26-4)12-14(16)2/h5,9-10,12,20H,1,6-8,11,13H2,2-4H3. The Kier molecular flexibility index (Phi) is 4.02. The third-order valence-corrected chi connectivity index (χ3v) is 6.13. The van der Waals surface area contributed by atoms with E-state index < -0.39 is 5.54 Å². The van der Waals surface area contributed by atoms with Gasteiger partial charge in [-0.25, -0.2) is 0 Å². The predicted octanol–water partition coefficient (Wildman–Crippen LogP) is 3.98. The van der Waals surface area contributed by atoms with Gasteiger partial charge in [0, 0.05) is 12.3 Å². The maximum Gasteiger partial charge on any atom is 0.255 e. The zero-order valence-electron chi connectivity index (χ0n) is 15.8. The molecule has 2 unspecified atom stereocenters. The maximum absolute atomic E-state index is 13.5. The highest BCUT2D eigenvalue weighted by Crippen LogP contribution is 2.51. The summed E-state index contributed by atoms with van der Waals surface area (Å²) in [5, 5.41) is 0. The number of nitrogens with zero attached hydrogens (tertiary/aromatic N) is 2. The highest BCUT2D eigenvalue weighted by atomic mass is 16.5. The molecule has 1 spiro atoms. The fraction of sp³-hybridized carbons (Fsp3) is 0.455. The van der Waals surface area contributed by atoms with E-state index in [-0.39, 0.29) is 11.9 Å². The fourth-order valence-corrected chi connectivity index (χ4v) is 4.97. The number of rotatable bonds is 5. The molecule has 1 aromatic rings. The number of fused-ring (bicyclic) bond motifs is 1. The van der Waals surface area contributed by atoms with Crippen molar-refractivity contribution in [1.29, 1.82) is 0 Å². The Morgan fingerprint density at radius 2 is 2.23 bits per heavy atom. The van der Waals surface area contributed by atoms with Crippen molar-refractivity contribution in [2.24, 2.45) is 4.99 Å². The maximum atomic E-state index is 13.5. The highest BCUT2D eigenvalue weighted by Gasteiger charge is 2.57. The van der Waals surface area contributed by atoms with Crippen molar-refractivity contribution in [1.82, 2.24) is 4.90 Å². The fourth-order valence-electron chi connectivity index (χ4n) is 4.97. The zero-order chi connectivity index (χ0) is 18.5. The van der Waals surface area contributed by atoms with Crippen molar-refractivity contribution >= 4 is 11.6 Å². The van der Waals surface area contributed by atoms with Gasteiger partial charge in [-0.05, 0) is 73.9 Å². The van der Waals surface area contributed by atoms with Gasteiger partial charge in [0.2, 0.25) is 0 Å². The molecule has 0 N–H and O–H groups in total. The number of allylic oxidation sites excluding steroid dienone is 1. The van der Waals surface area contributed by atoms with Gasteiger partial charge in [-0.1, -0.05) is 12.1 Å². The molecule has 4 nitrogen and oxygen atoms in total. The smallest absolute Gasteiger partial charge is 0.255 e. The van der Waals surface area contributed by atoms with Crippen LogP contribution in [-0.4, -0.2) is 35.2 Å². The number of amides is 1. The molecule has 26 heavy (non-hydrogen) atoms. The third-order valence-electron chi connectivity index (χ3n) is 6.13. The number of dihydropyridines is 1. The van der Waals surface area contributed by atoms with Gasteiger partial charge in [0.25, 0.3) is 5.91 Å². The van der Waals surface area contributed by atoms with Crippen LogP contribution in [0.2, 0.25) is 0 Å². The molecule has 0 aromatic heterocycles. The first-order chi connectivity index (χ1) is 12.5. The van der Waals surface area contributed by atoms with Crippen LogP contribution in [0.4, 0.5) is 0 Å². The van der Waals surface area contributed by atoms with Crippen molar-refractivity contribution in [2.45, 2.75) is 57.7 Å². The van der Waals surface area contributed by atoms with Crippen LogP contribution in [-0.2, 0) is 11.3 Å². The first-order valence-electron chi connectivity index (χ1n) is 9.36. The molecule has 1 aliphatic carbocycles. The van der Waals surface area contributed by atoms with E-state index in [0.717, 1.165) is 48.3 Å². The van der Waals surface area contributed by atoms with E-state index in [9.17, 15) is 4.79 Å². The zero-order valence-corrected chi connectivity index (χ0v) is 15.8. The summed E-state index contributed by atoms with van der Waals surface area (Å²) in [6.07, 6.45) is 5.67. The van der Waals surface area contributed by atoms with Gasteiger partial charge in [0.05, 0.1) is 13.2 Å². The van der Waals surface area contributed by atoms with Gasteiger partial charge >= 0.3 is 0 Å². The molecule has 1 fully saturated rings. The molecular formula is C22H26N2O2. The van der Waals surface area contributed by atoms with Crippen LogP contribution >= 0.6 is 0 Å². The lowest BCUT2D eigenvalue weighted by molar-refractivity contribution is -0.138. The lowest BCUT2D eigenvalue weighted by Crippen LogP contribution is -2.62. The molecule has 2 atom stereocenters. The van der Waals surface area contributed by atoms with E-state index in [4.69, 9.17) is 9.73 Å². The molecule has 136 valence electrons. The van der Waals surface area contributed by atoms with Crippen LogP contribution in [0, 0.1) is 6.92 Å². The SMILES string of the molecule is C=CCC1=C2CCCC23N=C(C)C1N(Cc1ccc(OC)cc1C)C3=O. The molecule has 3 aliphatic heterocycles. The normalized spacial score (nSPS) is 26.9. The predicted molar refractivity (Wildman–Crippen MR) is 104 cm³/mol. The van der Waals surface area contributed by atoms with Crippen molar-refractivity contribution in [3.63, 3.8) is 0 Å². The van der Waals surface area contributed by atoms with E-state index in [1.54, 1.807) is 7.11 Å². The van der Waals surface area contributed by atoms with Gasteiger partial charge in [-0.2, -0.15) is 0 Å². The first-order valence-corrected chi connectivity index (χ1v) is 9.36. The van der Waals surface area contributed by atoms with E-state index in [1.807, 2.05) is 23.1 Å². The number of aliphatic imine (C=N–C) groups is 1. The van der Waals surface area contributed by atoms with E-state index in [2.05, 4.69) is 26.5 Å². The number of hydrogen-bond donors (Lipinski definition) is 0. The minimum atomic E-state index is -0.627. The molecule has 2 bridgehead atoms. The molecule has 3 heterocycles. The topological polar surface area (TPSA) is 41.9 Å². The summed E-state index contributed by atoms with van der Waals surface area (Å²) in [4.78, 5) is 20.4. The van der Waals surface area contributed by atoms with Crippen LogP contribution in [0.3, 0.4) is 0 Å². The quantitative estimate of drug-likeness (QED) is 0.754. The molecular weight excluding hydrogens is 324 g/mol. The van der Waals surface area contributed by atoms with E-state index in [1.165, 1.54) is 11.1 Å². The van der Waals surface area contributed by atoms with Crippen molar-refractivity contribution in [2.75, 3.05) is 7.11 Å². The molecule has 5 rings (SSSR count). The lowest BCUT2D eigenvalue weighted by atomic mass is 9.75. The van der Waals surface area contributed by atoms with Gasteiger partial charge in [-0.15, -0.1) is 6.58 Å². The number of ether oxygens (including phenoxy) is 1. The molecule has 4 aliphatic rings. The van der Waals surface area contributed by atoms with Crippen LogP contribution in [0.25, 0.3) is 0 Å². The van der Waals surface area contributed by atoms with Gasteiger partial charge in [0.1, 0.15) is 5.75 Å². The van der Waals surface area contributed by atoms with Crippen LogP contribution < -0.4 is 4.74 Å². The Bertz CT molecular complexity index is 852. The van der Waals surface area contributed by atoms with Gasteiger partial charge in [0.15, 0.2) is 5.54 Å².